The van der Waals surface area contributed by atoms with Crippen molar-refractivity contribution in [1.82, 2.24) is 9.88 Å². The third-order valence-electron chi connectivity index (χ3n) is 5.03. The van der Waals surface area contributed by atoms with Gasteiger partial charge >= 0.3 is 0 Å². The number of ether oxygens (including phenoxy) is 1. The molecule has 25 heavy (non-hydrogen) atoms. The average Bonchev–Trinajstić information content (AvgIpc) is 3.14. The first-order valence-electron chi connectivity index (χ1n) is 8.59. The van der Waals surface area contributed by atoms with Crippen LogP contribution in [0.2, 0.25) is 0 Å². The van der Waals surface area contributed by atoms with Gasteiger partial charge in [-0.15, -0.1) is 0 Å². The third kappa shape index (κ3) is 3.90. The molecule has 0 spiro atoms. The van der Waals surface area contributed by atoms with Gasteiger partial charge in [0.1, 0.15) is 5.75 Å². The Morgan fingerprint density at radius 1 is 1.16 bits per heavy atom. The molecule has 1 aromatic heterocycles. The molecule has 1 saturated carbocycles. The van der Waals surface area contributed by atoms with Gasteiger partial charge in [-0.05, 0) is 48.9 Å². The standard InChI is InChI=1S/C19H21FN2O2S/c20-17-3-1-2-4-18(17)24-16-7-13-10-22(11-14(13)8-16)12-25-19-6-5-15(23)9-21-19/h1-6,9,13-14,16,23H,7-8,10-12H2/t13-,14+,16?. The number of benzene rings is 1. The monoisotopic (exact) mass is 360 g/mol. The number of likely N-dealkylation sites (tertiary alicyclic amines) is 1. The number of hydrogen-bond donors (Lipinski definition) is 1. The minimum Gasteiger partial charge on any atom is -0.506 e. The van der Waals surface area contributed by atoms with Gasteiger partial charge in [-0.1, -0.05) is 23.9 Å². The summed E-state index contributed by atoms with van der Waals surface area (Å²) in [5, 5.41) is 10.2. The predicted molar refractivity (Wildman–Crippen MR) is 95.2 cm³/mol. The third-order valence-corrected chi connectivity index (χ3v) is 6.06. The van der Waals surface area contributed by atoms with Crippen molar-refractivity contribution in [3.63, 3.8) is 0 Å². The fourth-order valence-electron chi connectivity index (χ4n) is 3.88. The van der Waals surface area contributed by atoms with Crippen molar-refractivity contribution in [1.29, 1.82) is 0 Å². The molecule has 0 bridgehead atoms. The van der Waals surface area contributed by atoms with Gasteiger partial charge < -0.3 is 9.84 Å². The minimum absolute atomic E-state index is 0.125. The van der Waals surface area contributed by atoms with Gasteiger partial charge in [0, 0.05) is 13.1 Å². The normalized spacial score (nSPS) is 25.9. The van der Waals surface area contributed by atoms with Crippen molar-refractivity contribution in [3.8, 4) is 11.5 Å². The molecule has 0 radical (unpaired) electrons. The van der Waals surface area contributed by atoms with Crippen molar-refractivity contribution in [3.05, 3.63) is 48.4 Å². The maximum atomic E-state index is 13.7. The van der Waals surface area contributed by atoms with E-state index >= 15 is 0 Å². The first-order chi connectivity index (χ1) is 12.2. The minimum atomic E-state index is -0.279. The van der Waals surface area contributed by atoms with E-state index in [4.69, 9.17) is 4.74 Å². The number of thioether (sulfide) groups is 1. The second-order valence-electron chi connectivity index (χ2n) is 6.83. The summed E-state index contributed by atoms with van der Waals surface area (Å²) in [5.41, 5.74) is 0. The van der Waals surface area contributed by atoms with Gasteiger partial charge in [0.2, 0.25) is 0 Å². The summed E-state index contributed by atoms with van der Waals surface area (Å²) in [7, 11) is 0. The lowest BCUT2D eigenvalue weighted by molar-refractivity contribution is 0.182. The van der Waals surface area contributed by atoms with E-state index in [-0.39, 0.29) is 17.7 Å². The lowest BCUT2D eigenvalue weighted by atomic mass is 10.0. The van der Waals surface area contributed by atoms with E-state index in [1.165, 1.54) is 12.3 Å². The Hall–Kier alpha value is -1.79. The number of aromatic hydroxyl groups is 1. The van der Waals surface area contributed by atoms with E-state index in [0.717, 1.165) is 36.8 Å². The van der Waals surface area contributed by atoms with Crippen molar-refractivity contribution in [2.24, 2.45) is 11.8 Å². The van der Waals surface area contributed by atoms with Crippen LogP contribution in [-0.4, -0.2) is 40.1 Å². The maximum absolute atomic E-state index is 13.7. The average molecular weight is 360 g/mol. The fourth-order valence-corrected chi connectivity index (χ4v) is 4.70. The van der Waals surface area contributed by atoms with Crippen molar-refractivity contribution < 1.29 is 14.2 Å². The quantitative estimate of drug-likeness (QED) is 0.823. The second-order valence-corrected chi connectivity index (χ2v) is 7.79. The number of rotatable bonds is 5. The molecule has 0 amide bonds. The van der Waals surface area contributed by atoms with Crippen LogP contribution in [0.3, 0.4) is 0 Å². The molecule has 1 aliphatic heterocycles. The SMILES string of the molecule is Oc1ccc(SCN2C[C@H]3CC(Oc4ccccc4F)C[C@H]3C2)nc1. The zero-order valence-corrected chi connectivity index (χ0v) is 14.7. The fraction of sp³-hybridized carbons (Fsp3) is 0.421. The molecule has 2 aliphatic rings. The molecule has 1 aliphatic carbocycles. The summed E-state index contributed by atoms with van der Waals surface area (Å²) in [5.74, 6) is 2.46. The van der Waals surface area contributed by atoms with E-state index < -0.39 is 0 Å². The van der Waals surface area contributed by atoms with Crippen LogP contribution in [-0.2, 0) is 0 Å². The number of nitrogens with zero attached hydrogens (tertiary/aromatic N) is 2. The molecule has 4 rings (SSSR count). The Balaban J connectivity index is 1.26. The van der Waals surface area contributed by atoms with Crippen LogP contribution in [0.25, 0.3) is 0 Å². The van der Waals surface area contributed by atoms with E-state index in [1.54, 1.807) is 30.0 Å². The van der Waals surface area contributed by atoms with Crippen molar-refractivity contribution in [2.45, 2.75) is 24.0 Å². The summed E-state index contributed by atoms with van der Waals surface area (Å²) in [4.78, 5) is 6.66. The van der Waals surface area contributed by atoms with Gasteiger partial charge in [-0.25, -0.2) is 9.37 Å². The Labute approximate surface area is 151 Å². The van der Waals surface area contributed by atoms with Gasteiger partial charge in [-0.3, -0.25) is 4.90 Å². The Bertz CT molecular complexity index is 714. The highest BCUT2D eigenvalue weighted by atomic mass is 32.2. The second kappa shape index (κ2) is 7.22. The molecule has 1 saturated heterocycles. The molecule has 1 N–H and O–H groups in total. The van der Waals surface area contributed by atoms with Crippen LogP contribution in [0.15, 0.2) is 47.6 Å². The molecule has 4 nitrogen and oxygen atoms in total. The zero-order valence-electron chi connectivity index (χ0n) is 13.8. The van der Waals surface area contributed by atoms with Gasteiger partial charge in [0.05, 0.1) is 23.2 Å². The number of pyridine rings is 1. The smallest absolute Gasteiger partial charge is 0.165 e. The van der Waals surface area contributed by atoms with Crippen LogP contribution in [0, 0.1) is 17.7 Å². The lowest BCUT2D eigenvalue weighted by Crippen LogP contribution is -2.24. The predicted octanol–water partition coefficient (Wildman–Crippen LogP) is 3.77. The van der Waals surface area contributed by atoms with Crippen LogP contribution < -0.4 is 4.74 Å². The molecular weight excluding hydrogens is 339 g/mol. The molecule has 1 aromatic carbocycles. The number of hydrogen-bond acceptors (Lipinski definition) is 5. The van der Waals surface area contributed by atoms with Crippen LogP contribution in [0.1, 0.15) is 12.8 Å². The Kier molecular flexibility index (Phi) is 4.81. The first kappa shape index (κ1) is 16.7. The number of fused-ring (bicyclic) bond motifs is 1. The van der Waals surface area contributed by atoms with E-state index in [1.807, 2.05) is 12.1 Å². The van der Waals surface area contributed by atoms with Crippen LogP contribution in [0.5, 0.6) is 11.5 Å². The van der Waals surface area contributed by atoms with Crippen LogP contribution in [0.4, 0.5) is 4.39 Å². The Morgan fingerprint density at radius 3 is 2.60 bits per heavy atom. The molecule has 2 heterocycles. The molecule has 1 unspecified atom stereocenters. The molecule has 2 fully saturated rings. The van der Waals surface area contributed by atoms with Crippen LogP contribution >= 0.6 is 11.8 Å². The highest BCUT2D eigenvalue weighted by Gasteiger charge is 2.41. The lowest BCUT2D eigenvalue weighted by Gasteiger charge is -2.19. The number of halogens is 1. The number of para-hydroxylation sites is 1. The van der Waals surface area contributed by atoms with Gasteiger partial charge in [0.15, 0.2) is 11.6 Å². The van der Waals surface area contributed by atoms with Gasteiger partial charge in [-0.2, -0.15) is 0 Å². The zero-order chi connectivity index (χ0) is 17.2. The molecule has 3 atom stereocenters. The van der Waals surface area contributed by atoms with Crippen molar-refractivity contribution in [2.75, 3.05) is 19.0 Å². The summed E-state index contributed by atoms with van der Waals surface area (Å²) in [6.07, 6.45) is 3.60. The highest BCUT2D eigenvalue weighted by Crippen LogP contribution is 2.40. The van der Waals surface area contributed by atoms with E-state index in [9.17, 15) is 9.50 Å². The maximum Gasteiger partial charge on any atom is 0.165 e. The molecule has 2 aromatic rings. The summed E-state index contributed by atoms with van der Waals surface area (Å²) < 4.78 is 19.6. The van der Waals surface area contributed by atoms with E-state index in [0.29, 0.717) is 17.6 Å². The summed E-state index contributed by atoms with van der Waals surface area (Å²) in [6.45, 7) is 2.12. The molecule has 6 heteroatoms. The van der Waals surface area contributed by atoms with Gasteiger partial charge in [0.25, 0.3) is 0 Å². The first-order valence-corrected chi connectivity index (χ1v) is 9.57. The molecular formula is C19H21FN2O2S. The highest BCUT2D eigenvalue weighted by molar-refractivity contribution is 7.99. The summed E-state index contributed by atoms with van der Waals surface area (Å²) in [6, 6.07) is 10.2. The largest absolute Gasteiger partial charge is 0.506 e. The molecule has 132 valence electrons. The summed E-state index contributed by atoms with van der Waals surface area (Å²) >= 11 is 1.69. The number of aromatic nitrogens is 1. The van der Waals surface area contributed by atoms with E-state index in [2.05, 4.69) is 9.88 Å². The Morgan fingerprint density at radius 2 is 1.92 bits per heavy atom. The van der Waals surface area contributed by atoms with Crippen molar-refractivity contribution >= 4 is 11.8 Å². The topological polar surface area (TPSA) is 45.6 Å².